The molecule has 0 atom stereocenters. The van der Waals surface area contributed by atoms with Crippen LogP contribution in [0.15, 0.2) is 139 Å². The second-order valence-corrected chi connectivity index (χ2v) is 15.8. The van der Waals surface area contributed by atoms with Crippen LogP contribution in [0.25, 0.3) is 66.4 Å². The predicted octanol–water partition coefficient (Wildman–Crippen LogP) is 11.7. The van der Waals surface area contributed by atoms with Crippen LogP contribution in [0.2, 0.25) is 0 Å². The molecule has 0 spiro atoms. The highest BCUT2D eigenvalue weighted by molar-refractivity contribution is 6.09. The fraction of sp³-hybridized carbons (Fsp3) is 0.176. The van der Waals surface area contributed by atoms with E-state index in [-0.39, 0.29) is 30.8 Å². The summed E-state index contributed by atoms with van der Waals surface area (Å²) in [6.45, 7) is 15.9. The molecular weight excluding hydrogens is 725 g/mol. The van der Waals surface area contributed by atoms with Crippen LogP contribution in [0, 0.1) is 0 Å². The molecule has 0 aliphatic heterocycles. The Balaban J connectivity index is 1.20. The molecule has 0 saturated carbocycles. The van der Waals surface area contributed by atoms with Gasteiger partial charge >= 0.3 is 11.9 Å². The van der Waals surface area contributed by atoms with Crippen molar-refractivity contribution in [3.05, 3.63) is 157 Å². The molecule has 288 valence electrons. The summed E-state index contributed by atoms with van der Waals surface area (Å²) in [4.78, 5) is 23.8. The van der Waals surface area contributed by atoms with E-state index in [0.717, 1.165) is 45.2 Å². The predicted molar refractivity (Wildman–Crippen MR) is 228 cm³/mol. The van der Waals surface area contributed by atoms with E-state index in [1.54, 1.807) is 0 Å². The number of benzene rings is 6. The van der Waals surface area contributed by atoms with Gasteiger partial charge in [0, 0.05) is 57.0 Å². The van der Waals surface area contributed by atoms with Crippen LogP contribution >= 0.6 is 0 Å². The molecule has 0 unspecified atom stereocenters. The van der Waals surface area contributed by atoms with E-state index in [9.17, 15) is 9.59 Å². The Hall–Kier alpha value is -6.86. The highest BCUT2D eigenvalue weighted by Gasteiger charge is 2.37. The molecule has 0 N–H and O–H groups in total. The average Bonchev–Trinajstić information content (AvgIpc) is 3.79. The quantitative estimate of drug-likeness (QED) is 0.0561. The van der Waals surface area contributed by atoms with Gasteiger partial charge in [-0.25, -0.2) is 9.59 Å². The SMILES string of the molecule is C=CC(=O)OCCOc1cc2oc3cc(OCOC(=O)C=C)c(-c4ccc5c(c4)C(C)(C)c4ccccc4-5)cc3c2cc1-c1ccc2c(c1)C(C)(C)c1ccccc1-2. The third-order valence-electron chi connectivity index (χ3n) is 11.8. The van der Waals surface area contributed by atoms with Crippen molar-refractivity contribution in [3.63, 3.8) is 0 Å². The van der Waals surface area contributed by atoms with Gasteiger partial charge in [-0.05, 0) is 79.9 Å². The van der Waals surface area contributed by atoms with Crippen molar-refractivity contribution in [2.45, 2.75) is 38.5 Å². The third kappa shape index (κ3) is 5.97. The second-order valence-electron chi connectivity index (χ2n) is 15.8. The summed E-state index contributed by atoms with van der Waals surface area (Å²) in [5, 5.41) is 1.77. The summed E-state index contributed by atoms with van der Waals surface area (Å²) in [6.07, 6.45) is 2.24. The molecule has 0 saturated heterocycles. The topological polar surface area (TPSA) is 84.2 Å². The zero-order valence-corrected chi connectivity index (χ0v) is 32.9. The summed E-state index contributed by atoms with van der Waals surface area (Å²) in [7, 11) is 0. The van der Waals surface area contributed by atoms with Gasteiger partial charge in [0.15, 0.2) is 0 Å². The molecule has 0 radical (unpaired) electrons. The first kappa shape index (κ1) is 36.8. The van der Waals surface area contributed by atoms with Gasteiger partial charge in [0.1, 0.15) is 35.9 Å². The van der Waals surface area contributed by atoms with Gasteiger partial charge in [0.25, 0.3) is 0 Å². The molecule has 58 heavy (non-hydrogen) atoms. The summed E-state index contributed by atoms with van der Waals surface area (Å²) < 4.78 is 29.6. The van der Waals surface area contributed by atoms with E-state index in [2.05, 4.69) is 138 Å². The van der Waals surface area contributed by atoms with Gasteiger partial charge in [-0.1, -0.05) is 114 Å². The minimum Gasteiger partial charge on any atom is -0.489 e. The lowest BCUT2D eigenvalue weighted by molar-refractivity contribution is -0.144. The van der Waals surface area contributed by atoms with E-state index in [0.29, 0.717) is 22.7 Å². The van der Waals surface area contributed by atoms with Crippen molar-refractivity contribution in [1.29, 1.82) is 0 Å². The normalized spacial score (nSPS) is 13.9. The molecule has 7 aromatic rings. The Labute approximate surface area is 337 Å². The zero-order valence-electron chi connectivity index (χ0n) is 32.9. The molecule has 1 aromatic heterocycles. The fourth-order valence-corrected chi connectivity index (χ4v) is 8.83. The van der Waals surface area contributed by atoms with E-state index < -0.39 is 11.9 Å². The average molecular weight is 767 g/mol. The Morgan fingerprint density at radius 1 is 0.534 bits per heavy atom. The van der Waals surface area contributed by atoms with Crippen molar-refractivity contribution in [2.24, 2.45) is 0 Å². The zero-order chi connectivity index (χ0) is 40.3. The Bertz CT molecular complexity index is 2850. The first-order valence-electron chi connectivity index (χ1n) is 19.4. The van der Waals surface area contributed by atoms with Crippen LogP contribution in [0.4, 0.5) is 0 Å². The molecule has 7 nitrogen and oxygen atoms in total. The molecule has 2 aliphatic rings. The number of esters is 2. The van der Waals surface area contributed by atoms with Crippen molar-refractivity contribution < 1.29 is 33.0 Å². The fourth-order valence-electron chi connectivity index (χ4n) is 8.83. The number of carbonyl (C=O) groups excluding carboxylic acids is 2. The van der Waals surface area contributed by atoms with Gasteiger partial charge in [0.2, 0.25) is 6.79 Å². The number of carbonyl (C=O) groups is 2. The molecule has 7 heteroatoms. The first-order valence-corrected chi connectivity index (χ1v) is 19.4. The third-order valence-corrected chi connectivity index (χ3v) is 11.8. The van der Waals surface area contributed by atoms with Crippen LogP contribution in [-0.2, 0) is 29.9 Å². The smallest absolute Gasteiger partial charge is 0.333 e. The molecule has 9 rings (SSSR count). The van der Waals surface area contributed by atoms with Gasteiger partial charge in [-0.15, -0.1) is 0 Å². The molecule has 0 amide bonds. The van der Waals surface area contributed by atoms with Gasteiger partial charge in [-0.3, -0.25) is 0 Å². The van der Waals surface area contributed by atoms with Crippen molar-refractivity contribution in [1.82, 2.24) is 0 Å². The number of hydrogen-bond donors (Lipinski definition) is 0. The molecule has 2 aliphatic carbocycles. The van der Waals surface area contributed by atoms with Crippen molar-refractivity contribution in [2.75, 3.05) is 20.0 Å². The second kappa shape index (κ2) is 14.0. The lowest BCUT2D eigenvalue weighted by atomic mass is 9.81. The van der Waals surface area contributed by atoms with Gasteiger partial charge in [-0.2, -0.15) is 0 Å². The van der Waals surface area contributed by atoms with Crippen molar-refractivity contribution >= 4 is 33.9 Å². The largest absolute Gasteiger partial charge is 0.489 e. The summed E-state index contributed by atoms with van der Waals surface area (Å²) >= 11 is 0. The number of furan rings is 1. The molecule has 0 bridgehead atoms. The van der Waals surface area contributed by atoms with E-state index in [4.69, 9.17) is 23.4 Å². The number of fused-ring (bicyclic) bond motifs is 9. The van der Waals surface area contributed by atoms with E-state index in [1.165, 1.54) is 44.5 Å². The highest BCUT2D eigenvalue weighted by atomic mass is 16.7. The molecular formula is C51H42O7. The molecule has 6 aromatic carbocycles. The standard InChI is InChI=1S/C51H42O7/c1-7-48(52)55-22-21-54-44-27-46-38(25-36(44)30-17-19-34-32-13-9-11-15-40(32)50(3,4)42(34)23-30)39-26-37(45(28-47(39)58-46)56-29-57-49(53)8-2)31-18-20-35-33-14-10-12-16-41(33)51(5,6)43(35)24-31/h7-20,23-28H,1-2,21-22,29H2,3-6H3. The Kier molecular flexibility index (Phi) is 8.85. The van der Waals surface area contributed by atoms with Crippen LogP contribution in [-0.4, -0.2) is 31.9 Å². The van der Waals surface area contributed by atoms with Crippen LogP contribution in [0.1, 0.15) is 49.9 Å². The first-order chi connectivity index (χ1) is 28.0. The Morgan fingerprint density at radius 2 is 1.00 bits per heavy atom. The molecule has 0 fully saturated rings. The number of hydrogen-bond acceptors (Lipinski definition) is 7. The Morgan fingerprint density at radius 3 is 1.52 bits per heavy atom. The summed E-state index contributed by atoms with van der Waals surface area (Å²) in [5.41, 5.74) is 14.4. The van der Waals surface area contributed by atoms with Gasteiger partial charge in [0.05, 0.1) is 0 Å². The maximum atomic E-state index is 12.0. The number of ether oxygens (including phenoxy) is 4. The van der Waals surface area contributed by atoms with Crippen LogP contribution < -0.4 is 9.47 Å². The minimum atomic E-state index is -0.582. The van der Waals surface area contributed by atoms with Gasteiger partial charge < -0.3 is 23.4 Å². The summed E-state index contributed by atoms with van der Waals surface area (Å²) in [6, 6.07) is 38.2. The highest BCUT2D eigenvalue weighted by Crippen LogP contribution is 2.52. The van der Waals surface area contributed by atoms with E-state index >= 15 is 0 Å². The van der Waals surface area contributed by atoms with Crippen LogP contribution in [0.5, 0.6) is 11.5 Å². The van der Waals surface area contributed by atoms with E-state index in [1.807, 2.05) is 12.1 Å². The van der Waals surface area contributed by atoms with Crippen molar-refractivity contribution in [3.8, 4) is 56.0 Å². The maximum Gasteiger partial charge on any atom is 0.333 e. The van der Waals surface area contributed by atoms with Crippen LogP contribution in [0.3, 0.4) is 0 Å². The monoisotopic (exact) mass is 766 g/mol. The minimum absolute atomic E-state index is 0.0537. The lowest BCUT2D eigenvalue weighted by Crippen LogP contribution is -2.15. The molecule has 1 heterocycles. The number of rotatable bonds is 11. The lowest BCUT2D eigenvalue weighted by Gasteiger charge is -2.22. The summed E-state index contributed by atoms with van der Waals surface area (Å²) in [5.74, 6) is -0.0103. The maximum absolute atomic E-state index is 12.0.